The summed E-state index contributed by atoms with van der Waals surface area (Å²) in [5, 5.41) is 36.3. The summed E-state index contributed by atoms with van der Waals surface area (Å²) in [6, 6.07) is 0. The van der Waals surface area contributed by atoms with Gasteiger partial charge in [0.1, 0.15) is 0 Å². The van der Waals surface area contributed by atoms with Gasteiger partial charge in [-0.25, -0.2) is 9.59 Å². The first-order valence-corrected chi connectivity index (χ1v) is 1.88. The molecule has 0 fully saturated rings. The van der Waals surface area contributed by atoms with Crippen molar-refractivity contribution in [3.8, 4) is 0 Å². The monoisotopic (exact) mass is 215 g/mol. The molecule has 0 saturated carbocycles. The first-order chi connectivity index (χ1) is 4.37. The fourth-order valence-electron chi connectivity index (χ4n) is 0. The van der Waals surface area contributed by atoms with E-state index in [2.05, 4.69) is 0 Å². The zero-order valence-electron chi connectivity index (χ0n) is 4.93. The maximum Gasteiger partial charge on any atom is 0.631 e. The third kappa shape index (κ3) is 44.5. The predicted molar refractivity (Wildman–Crippen MR) is 27.7 cm³/mol. The molecule has 0 bridgehead atoms. The standard InChI is InChI=1S/C2H2O4.BH3O3.Cu/c3-1(4)2(5)6;2-1(3)4;/h(H,3,4)(H,5,6);2-4H;. The Morgan fingerprint density at radius 3 is 1.00 bits per heavy atom. The molecule has 69 valence electrons. The van der Waals surface area contributed by atoms with Gasteiger partial charge in [0.05, 0.1) is 0 Å². The topological polar surface area (TPSA) is 135 Å². The second-order valence-electron chi connectivity index (χ2n) is 0.957. The molecule has 9 heteroatoms. The molecule has 0 aromatic rings. The molecule has 5 N–H and O–H groups in total. The minimum Gasteiger partial charge on any atom is -0.473 e. The van der Waals surface area contributed by atoms with E-state index in [1.165, 1.54) is 0 Å². The van der Waals surface area contributed by atoms with Crippen molar-refractivity contribution in [1.82, 2.24) is 0 Å². The van der Waals surface area contributed by atoms with Crippen LogP contribution in [0.2, 0.25) is 0 Å². The van der Waals surface area contributed by atoms with Gasteiger partial charge >= 0.3 is 19.3 Å². The van der Waals surface area contributed by atoms with E-state index in [-0.39, 0.29) is 17.1 Å². The maximum absolute atomic E-state index is 9.10. The minimum absolute atomic E-state index is 0. The van der Waals surface area contributed by atoms with Crippen molar-refractivity contribution in [2.75, 3.05) is 0 Å². The van der Waals surface area contributed by atoms with Crippen LogP contribution in [0.4, 0.5) is 0 Å². The molecule has 0 atom stereocenters. The Kier molecular flexibility index (Phi) is 14.3. The van der Waals surface area contributed by atoms with Crippen LogP contribution in [0, 0.1) is 0 Å². The van der Waals surface area contributed by atoms with Crippen LogP contribution in [0.3, 0.4) is 0 Å². The summed E-state index contributed by atoms with van der Waals surface area (Å²) in [7, 11) is -2.17. The third-order valence-electron chi connectivity index (χ3n) is 0.183. The summed E-state index contributed by atoms with van der Waals surface area (Å²) in [6.07, 6.45) is 0. The summed E-state index contributed by atoms with van der Waals surface area (Å²) >= 11 is 0. The average Bonchev–Trinajstić information content (AvgIpc) is 1.63. The number of carbonyl (C=O) groups is 2. The first kappa shape index (κ1) is 16.8. The number of carboxylic acids is 2. The second-order valence-corrected chi connectivity index (χ2v) is 0.957. The van der Waals surface area contributed by atoms with Gasteiger partial charge in [0, 0.05) is 17.1 Å². The molecule has 0 aliphatic rings. The quantitative estimate of drug-likeness (QED) is 0.216. The molecule has 7 nitrogen and oxygen atoms in total. The molecule has 0 aliphatic carbocycles. The van der Waals surface area contributed by atoms with Gasteiger partial charge < -0.3 is 25.3 Å². The van der Waals surface area contributed by atoms with Crippen molar-refractivity contribution in [1.29, 1.82) is 0 Å². The molecular formula is C2H5BCuO7. The molecule has 0 saturated heterocycles. The van der Waals surface area contributed by atoms with Crippen molar-refractivity contribution in [2.24, 2.45) is 0 Å². The van der Waals surface area contributed by atoms with Crippen LogP contribution in [0.15, 0.2) is 0 Å². The Morgan fingerprint density at radius 2 is 1.00 bits per heavy atom. The molecule has 0 aromatic carbocycles. The average molecular weight is 215 g/mol. The van der Waals surface area contributed by atoms with Crippen LogP contribution in [0.1, 0.15) is 0 Å². The molecule has 1 radical (unpaired) electrons. The molecule has 0 spiro atoms. The van der Waals surface area contributed by atoms with E-state index < -0.39 is 19.3 Å². The summed E-state index contributed by atoms with van der Waals surface area (Å²) in [6.45, 7) is 0. The van der Waals surface area contributed by atoms with Crippen LogP contribution in [-0.2, 0) is 26.7 Å². The summed E-state index contributed by atoms with van der Waals surface area (Å²) < 4.78 is 0. The van der Waals surface area contributed by atoms with E-state index in [1.807, 2.05) is 0 Å². The molecular weight excluding hydrogens is 210 g/mol. The van der Waals surface area contributed by atoms with Crippen LogP contribution in [0.25, 0.3) is 0 Å². The van der Waals surface area contributed by atoms with Gasteiger partial charge in [-0.15, -0.1) is 0 Å². The zero-order chi connectivity index (χ0) is 8.73. The first-order valence-electron chi connectivity index (χ1n) is 1.88. The third-order valence-corrected chi connectivity index (χ3v) is 0.183. The van der Waals surface area contributed by atoms with E-state index >= 15 is 0 Å². The SMILES string of the molecule is O=C(O)C(=O)O.OB(O)O.[Cu]. The van der Waals surface area contributed by atoms with Gasteiger partial charge in [-0.2, -0.15) is 0 Å². The van der Waals surface area contributed by atoms with Gasteiger partial charge in [-0.3, -0.25) is 0 Å². The molecule has 0 unspecified atom stereocenters. The van der Waals surface area contributed by atoms with Crippen molar-refractivity contribution >= 4 is 19.3 Å². The molecule has 0 aromatic heterocycles. The Balaban J connectivity index is -0.000000114. The van der Waals surface area contributed by atoms with Crippen LogP contribution < -0.4 is 0 Å². The molecule has 0 aliphatic heterocycles. The fourth-order valence-corrected chi connectivity index (χ4v) is 0. The van der Waals surface area contributed by atoms with Gasteiger partial charge in [-0.05, 0) is 0 Å². The minimum atomic E-state index is -2.17. The van der Waals surface area contributed by atoms with E-state index in [0.29, 0.717) is 0 Å². The van der Waals surface area contributed by atoms with Crippen molar-refractivity contribution in [2.45, 2.75) is 0 Å². The zero-order valence-corrected chi connectivity index (χ0v) is 5.87. The molecule has 0 heterocycles. The Hall–Kier alpha value is -0.596. The van der Waals surface area contributed by atoms with Crippen molar-refractivity contribution < 1.29 is 51.9 Å². The van der Waals surface area contributed by atoms with Gasteiger partial charge in [0.2, 0.25) is 0 Å². The maximum atomic E-state index is 9.10. The van der Waals surface area contributed by atoms with Gasteiger partial charge in [0.15, 0.2) is 0 Å². The smallest absolute Gasteiger partial charge is 0.473 e. The number of rotatable bonds is 0. The van der Waals surface area contributed by atoms with Crippen molar-refractivity contribution in [3.05, 3.63) is 0 Å². The number of aliphatic carboxylic acids is 2. The number of hydrogen-bond donors (Lipinski definition) is 5. The van der Waals surface area contributed by atoms with E-state index in [9.17, 15) is 0 Å². The normalized spacial score (nSPS) is 6.45. The van der Waals surface area contributed by atoms with Crippen LogP contribution in [0.5, 0.6) is 0 Å². The Bertz CT molecular complexity index is 109. The molecule has 0 amide bonds. The van der Waals surface area contributed by atoms with Crippen LogP contribution in [-0.4, -0.2) is 44.5 Å². The summed E-state index contributed by atoms with van der Waals surface area (Å²) in [4.78, 5) is 18.2. The molecule has 11 heavy (non-hydrogen) atoms. The largest absolute Gasteiger partial charge is 0.631 e. The van der Waals surface area contributed by atoms with E-state index in [0.717, 1.165) is 0 Å². The second kappa shape index (κ2) is 9.40. The van der Waals surface area contributed by atoms with Gasteiger partial charge in [0.25, 0.3) is 0 Å². The summed E-state index contributed by atoms with van der Waals surface area (Å²) in [5.74, 6) is -3.65. The van der Waals surface area contributed by atoms with Crippen molar-refractivity contribution in [3.63, 3.8) is 0 Å². The summed E-state index contributed by atoms with van der Waals surface area (Å²) in [5.41, 5.74) is 0. The van der Waals surface area contributed by atoms with E-state index in [1.54, 1.807) is 0 Å². The fraction of sp³-hybridized carbons (Fsp3) is 0. The Morgan fingerprint density at radius 1 is 0.909 bits per heavy atom. The number of hydrogen-bond acceptors (Lipinski definition) is 5. The Labute approximate surface area is 71.9 Å². The molecule has 0 rings (SSSR count). The predicted octanol–water partition coefficient (Wildman–Crippen LogP) is -2.90. The van der Waals surface area contributed by atoms with Crippen LogP contribution >= 0.6 is 0 Å². The van der Waals surface area contributed by atoms with Gasteiger partial charge in [-0.1, -0.05) is 0 Å². The number of carboxylic acid groups (broad SMARTS) is 2. The van der Waals surface area contributed by atoms with E-state index in [4.69, 9.17) is 34.9 Å².